The van der Waals surface area contributed by atoms with Crippen molar-refractivity contribution in [3.05, 3.63) is 182 Å². The van der Waals surface area contributed by atoms with Gasteiger partial charge in [-0.25, -0.2) is 15.0 Å². The molecule has 0 aliphatic heterocycles. The van der Waals surface area contributed by atoms with Gasteiger partial charge in [-0.1, -0.05) is 103 Å². The summed E-state index contributed by atoms with van der Waals surface area (Å²) in [6, 6.07) is 63.9. The van der Waals surface area contributed by atoms with E-state index in [4.69, 9.17) is 19.4 Å². The second kappa shape index (κ2) is 12.6. The lowest BCUT2D eigenvalue weighted by Crippen LogP contribution is -2.01. The number of para-hydroxylation sites is 2. The minimum absolute atomic E-state index is 0.612. The second-order valence-electron chi connectivity index (χ2n) is 14.4. The zero-order valence-corrected chi connectivity index (χ0v) is 31.2. The molecule has 0 amide bonds. The minimum atomic E-state index is 0.612. The van der Waals surface area contributed by atoms with E-state index in [1.807, 2.05) is 30.3 Å². The van der Waals surface area contributed by atoms with Gasteiger partial charge in [-0.15, -0.1) is 11.3 Å². The first kappa shape index (κ1) is 31.9. The van der Waals surface area contributed by atoms with Crippen molar-refractivity contribution in [1.82, 2.24) is 19.5 Å². The molecule has 4 aromatic heterocycles. The Kier molecular flexibility index (Phi) is 7.03. The molecule has 57 heavy (non-hydrogen) atoms. The molecule has 12 aromatic rings. The van der Waals surface area contributed by atoms with E-state index in [-0.39, 0.29) is 0 Å². The average molecular weight is 747 g/mol. The normalized spacial score (nSPS) is 11.9. The van der Waals surface area contributed by atoms with Crippen LogP contribution in [-0.4, -0.2) is 19.5 Å². The van der Waals surface area contributed by atoms with Crippen molar-refractivity contribution in [2.45, 2.75) is 0 Å². The van der Waals surface area contributed by atoms with Crippen molar-refractivity contribution in [2.24, 2.45) is 0 Å². The van der Waals surface area contributed by atoms with Crippen molar-refractivity contribution < 1.29 is 4.42 Å². The third-order valence-corrected chi connectivity index (χ3v) is 12.3. The number of rotatable bonds is 5. The van der Waals surface area contributed by atoms with Gasteiger partial charge in [-0.2, -0.15) is 0 Å². The van der Waals surface area contributed by atoms with E-state index < -0.39 is 0 Å². The molecule has 0 N–H and O–H groups in total. The Morgan fingerprint density at radius 3 is 1.89 bits per heavy atom. The van der Waals surface area contributed by atoms with Crippen molar-refractivity contribution in [1.29, 1.82) is 0 Å². The molecule has 0 saturated heterocycles. The van der Waals surface area contributed by atoms with E-state index in [0.29, 0.717) is 17.5 Å². The van der Waals surface area contributed by atoms with Crippen LogP contribution in [0.3, 0.4) is 0 Å². The highest BCUT2D eigenvalue weighted by Gasteiger charge is 2.19. The van der Waals surface area contributed by atoms with E-state index in [1.165, 1.54) is 37.4 Å². The fourth-order valence-electron chi connectivity index (χ4n) is 8.36. The summed E-state index contributed by atoms with van der Waals surface area (Å²) in [5.41, 5.74) is 10.3. The molecule has 0 aliphatic carbocycles. The quantitative estimate of drug-likeness (QED) is 0.176. The van der Waals surface area contributed by atoms with Gasteiger partial charge in [0.2, 0.25) is 0 Å². The molecule has 0 bridgehead atoms. The maximum absolute atomic E-state index is 6.17. The molecular weight excluding hydrogens is 717 g/mol. The van der Waals surface area contributed by atoms with Crippen LogP contribution in [0, 0.1) is 0 Å². The molecule has 0 atom stereocenters. The molecular formula is C51H30N4OS. The van der Waals surface area contributed by atoms with E-state index in [1.54, 1.807) is 11.3 Å². The van der Waals surface area contributed by atoms with Crippen LogP contribution in [0.5, 0.6) is 0 Å². The SMILES string of the molecule is c1ccc(-c2ccc3c(c2)c2ccccc2n3-c2ccc(-c3nc(-c4ccc5oc6ccccc6c5c4)nc(-c4cccc5c4sc4ccccc45)n3)cc2)cc1. The van der Waals surface area contributed by atoms with Gasteiger partial charge >= 0.3 is 0 Å². The third-order valence-electron chi connectivity index (χ3n) is 11.1. The largest absolute Gasteiger partial charge is 0.456 e. The number of benzene rings is 8. The Balaban J connectivity index is 1.02. The molecule has 0 aliphatic rings. The van der Waals surface area contributed by atoms with Crippen LogP contribution in [0.2, 0.25) is 0 Å². The molecule has 0 saturated carbocycles. The summed E-state index contributed by atoms with van der Waals surface area (Å²) < 4.78 is 10.9. The predicted molar refractivity (Wildman–Crippen MR) is 236 cm³/mol. The zero-order chi connectivity index (χ0) is 37.5. The smallest absolute Gasteiger partial charge is 0.165 e. The first-order chi connectivity index (χ1) is 28.2. The summed E-state index contributed by atoms with van der Waals surface area (Å²) in [6.45, 7) is 0. The Labute approximate surface area is 330 Å². The lowest BCUT2D eigenvalue weighted by atomic mass is 10.0. The van der Waals surface area contributed by atoms with Crippen LogP contribution in [0.15, 0.2) is 186 Å². The number of hydrogen-bond donors (Lipinski definition) is 0. The molecule has 0 radical (unpaired) electrons. The molecule has 5 nitrogen and oxygen atoms in total. The van der Waals surface area contributed by atoms with E-state index in [2.05, 4.69) is 156 Å². The van der Waals surface area contributed by atoms with Gasteiger partial charge in [0.25, 0.3) is 0 Å². The first-order valence-corrected chi connectivity index (χ1v) is 19.8. The summed E-state index contributed by atoms with van der Waals surface area (Å²) in [7, 11) is 0. The fourth-order valence-corrected chi connectivity index (χ4v) is 9.58. The summed E-state index contributed by atoms with van der Waals surface area (Å²) in [5.74, 6) is 1.87. The second-order valence-corrected chi connectivity index (χ2v) is 15.4. The zero-order valence-electron chi connectivity index (χ0n) is 30.4. The van der Waals surface area contributed by atoms with Crippen molar-refractivity contribution in [3.63, 3.8) is 0 Å². The maximum Gasteiger partial charge on any atom is 0.165 e. The van der Waals surface area contributed by atoms with Crippen LogP contribution >= 0.6 is 11.3 Å². The highest BCUT2D eigenvalue weighted by atomic mass is 32.1. The van der Waals surface area contributed by atoms with E-state index in [0.717, 1.165) is 60.0 Å². The molecule has 0 spiro atoms. The third kappa shape index (κ3) is 5.12. The van der Waals surface area contributed by atoms with Crippen molar-refractivity contribution in [3.8, 4) is 51.0 Å². The molecule has 0 unspecified atom stereocenters. The molecule has 8 aromatic carbocycles. The predicted octanol–water partition coefficient (Wildman–Crippen LogP) is 13.9. The van der Waals surface area contributed by atoms with Crippen LogP contribution in [-0.2, 0) is 0 Å². The van der Waals surface area contributed by atoms with Gasteiger partial charge in [0, 0.05) is 64.1 Å². The Bertz CT molecular complexity index is 3520. The average Bonchev–Trinajstić information content (AvgIpc) is 3.96. The first-order valence-electron chi connectivity index (χ1n) is 19.0. The Hall–Kier alpha value is -7.41. The lowest BCUT2D eigenvalue weighted by Gasteiger charge is -2.11. The summed E-state index contributed by atoms with van der Waals surface area (Å²) in [5, 5.41) is 6.98. The van der Waals surface area contributed by atoms with E-state index in [9.17, 15) is 0 Å². The Morgan fingerprint density at radius 2 is 1.02 bits per heavy atom. The topological polar surface area (TPSA) is 56.7 Å². The number of aromatic nitrogens is 4. The van der Waals surface area contributed by atoms with Gasteiger partial charge in [-0.05, 0) is 90.0 Å². The molecule has 4 heterocycles. The number of hydrogen-bond acceptors (Lipinski definition) is 5. The number of thiophene rings is 1. The van der Waals surface area contributed by atoms with Gasteiger partial charge in [-0.3, -0.25) is 0 Å². The van der Waals surface area contributed by atoms with Gasteiger partial charge in [0.1, 0.15) is 11.2 Å². The van der Waals surface area contributed by atoms with Crippen LogP contribution in [0.4, 0.5) is 0 Å². The monoisotopic (exact) mass is 746 g/mol. The number of furan rings is 1. The maximum atomic E-state index is 6.17. The van der Waals surface area contributed by atoms with Crippen LogP contribution < -0.4 is 0 Å². The number of fused-ring (bicyclic) bond motifs is 9. The van der Waals surface area contributed by atoms with Crippen LogP contribution in [0.1, 0.15) is 0 Å². The molecule has 6 heteroatoms. The minimum Gasteiger partial charge on any atom is -0.456 e. The van der Waals surface area contributed by atoms with E-state index >= 15 is 0 Å². The highest BCUT2D eigenvalue weighted by Crippen LogP contribution is 2.41. The standard InChI is InChI=1S/C51H30N4OS/c1-2-11-31(12-3-1)33-23-27-44-41(29-33)36-13-4-7-18-43(36)55(44)35-25-21-32(22-26-35)49-52-50(34-24-28-46-42(30-34)37-14-5-8-19-45(37)56-46)54-51(53-49)40-17-10-16-39-38-15-6-9-20-47(38)57-48(39)40/h1-30H. The fraction of sp³-hybridized carbons (Fsp3) is 0. The number of nitrogens with zero attached hydrogens (tertiary/aromatic N) is 4. The summed E-state index contributed by atoms with van der Waals surface area (Å²) in [4.78, 5) is 15.6. The van der Waals surface area contributed by atoms with Gasteiger partial charge in [0.05, 0.1) is 11.0 Å². The highest BCUT2D eigenvalue weighted by molar-refractivity contribution is 7.26. The lowest BCUT2D eigenvalue weighted by molar-refractivity contribution is 0.669. The Morgan fingerprint density at radius 1 is 0.386 bits per heavy atom. The molecule has 12 rings (SSSR count). The van der Waals surface area contributed by atoms with Gasteiger partial charge in [0.15, 0.2) is 17.5 Å². The molecule has 0 fully saturated rings. The summed E-state index contributed by atoms with van der Waals surface area (Å²) in [6.07, 6.45) is 0. The van der Waals surface area contributed by atoms with Crippen molar-refractivity contribution in [2.75, 3.05) is 0 Å². The van der Waals surface area contributed by atoms with Crippen molar-refractivity contribution >= 4 is 75.3 Å². The van der Waals surface area contributed by atoms with Crippen LogP contribution in [0.25, 0.3) is 115 Å². The van der Waals surface area contributed by atoms with Gasteiger partial charge < -0.3 is 8.98 Å². The molecule has 266 valence electrons. The summed E-state index contributed by atoms with van der Waals surface area (Å²) >= 11 is 1.78.